The average molecular weight is 1490 g/mol. The summed E-state index contributed by atoms with van der Waals surface area (Å²) >= 11 is 0. The minimum absolute atomic E-state index is 0.0683. The second-order valence-electron chi connectivity index (χ2n) is 18.3. The molecule has 0 fully saturated rings. The van der Waals surface area contributed by atoms with Crippen molar-refractivity contribution in [3.8, 4) is 0 Å². The predicted octanol–water partition coefficient (Wildman–Crippen LogP) is -2.05. The lowest BCUT2D eigenvalue weighted by molar-refractivity contribution is 0.229. The maximum atomic E-state index is 9.37. The minimum atomic E-state index is -3.69. The lowest BCUT2D eigenvalue weighted by Crippen LogP contribution is -2.40. The van der Waals surface area contributed by atoms with E-state index in [1.165, 1.54) is 10.6 Å². The Morgan fingerprint density at radius 2 is 0.378 bits per heavy atom. The first-order valence-electron chi connectivity index (χ1n) is 62.7. The van der Waals surface area contributed by atoms with Crippen LogP contribution in [0, 0.1) is 0 Å². The number of rotatable bonds is 63. The van der Waals surface area contributed by atoms with Crippen molar-refractivity contribution < 1.29 is 159 Å². The van der Waals surface area contributed by atoms with E-state index >= 15 is 0 Å². The molecule has 0 heterocycles. The first kappa shape index (κ1) is 37.6. The Bertz CT molecular complexity index is 3830. The smallest absolute Gasteiger partial charge is 0.0584 e. The Hall–Kier alpha value is -1.12. The Kier molecular flexibility index (Phi) is 35.3. The third-order valence-electron chi connectivity index (χ3n) is 11.3. The highest BCUT2D eigenvalue weighted by atomic mass is 16.3. The number of aliphatic hydroxyl groups is 14. The van der Waals surface area contributed by atoms with Crippen molar-refractivity contribution in [2.45, 2.75) is 270 Å². The standard InChI is InChI=1S/7C10H24N2O2/c7*1-3-9(7-13)11-5-6-12-10(4-2)8-14/h7*9-14H,3-8H2,1-2H3/t7*9-,10-/m1111000/s1/i1D3,2D3,3D2,4D2,5D2,6D2,9D,10D;1D3,2D3,3D2,4D2,9D,10D;5D2,6D2,9D,10D;9D,10D;1D3,2D3,3D2,4D2,5D2,6D2;1D3,2D3,3D2,4D2;5D2,6D2. The first-order valence-corrected chi connectivity index (χ1v) is 30.7. The molecule has 0 aliphatic heterocycles. The van der Waals surface area contributed by atoms with Crippen molar-refractivity contribution >= 4 is 0 Å². The zero-order valence-corrected chi connectivity index (χ0v) is 57.1. The summed E-state index contributed by atoms with van der Waals surface area (Å²) in [5, 5.41) is 159. The second kappa shape index (κ2) is 92.0. The lowest BCUT2D eigenvalue weighted by Gasteiger charge is -2.17. The van der Waals surface area contributed by atoms with Crippen LogP contribution in [0.4, 0.5) is 0 Å². The molecule has 0 saturated heterocycles. The average Bonchev–Trinajstić information content (AvgIpc) is 0.731. The molecule has 28 nitrogen and oxygen atoms in total. The summed E-state index contributed by atoms with van der Waals surface area (Å²) in [5.41, 5.74) is 0. The largest absolute Gasteiger partial charge is 0.395 e. The van der Waals surface area contributed by atoms with E-state index in [0.29, 0.717) is 38.8 Å². The van der Waals surface area contributed by atoms with Crippen molar-refractivity contribution in [2.75, 3.05) is 184 Å². The lowest BCUT2D eigenvalue weighted by atomic mass is 10.2. The molecule has 28 N–H and O–H groups in total. The SMILES string of the molecule is [2H]C([2H])(N[C@@H](CC)CO)C([2H])([2H])N[C@@H](CC)CO.[2H]C([2H])(N[C@]([2H])(CC)CO)C([2H])([2H])N[C@]([2H])(CC)CO.[2H]C([2H])([2H])C([2H])([2H])[C@@H](CO)NC([2H])([2H])C([2H])([2H])N[C@H](CO)C([2H])([2H])C([2H])([2H])[2H].[2H]C([2H])([2H])C([2H])([2H])[C@@H](CO)NCCN[C@H](CO)C([2H])([2H])C([2H])([2H])[2H].[2H]C([2H])([2H])C([2H])([2H])[C@]([2H])(CO)NC([2H])([2H])C([2H])([2H])N[C@@]([2H])(CO)C([2H])([2H])C([2H])([2H])[2H].[2H]C([2H])([2H])C([2H])([2H])[C@]([2H])(CO)NCCN[C@@]([2H])(CO)C([2H])([2H])C([2H])([2H])[2H].[2H][C@@](CC)(CO)NCCN[C@]([2H])(CC)CO. The topological polar surface area (TPSA) is 452 Å². The van der Waals surface area contributed by atoms with Crippen molar-refractivity contribution in [1.82, 2.24) is 74.4 Å². The number of aliphatic hydroxyl groups excluding tert-OH is 14. The summed E-state index contributed by atoms with van der Waals surface area (Å²) in [4.78, 5) is 0. The molecule has 0 amide bonds. The third kappa shape index (κ3) is 77.5. The summed E-state index contributed by atoms with van der Waals surface area (Å²) in [6.07, 6.45) is -23.1. The van der Waals surface area contributed by atoms with Crippen molar-refractivity contribution in [1.29, 1.82) is 0 Å². The van der Waals surface area contributed by atoms with Crippen LogP contribution in [0.5, 0.6) is 0 Å². The number of nitrogens with one attached hydrogen (secondary N) is 14. The van der Waals surface area contributed by atoms with Crippen LogP contribution in [0.2, 0.25) is 0 Å². The van der Waals surface area contributed by atoms with E-state index < -0.39 is 321 Å². The summed E-state index contributed by atoms with van der Waals surface area (Å²) in [6, 6.07) is -25.4. The third-order valence-corrected chi connectivity index (χ3v) is 11.3. The van der Waals surface area contributed by atoms with Crippen LogP contribution < -0.4 is 74.4 Å². The van der Waals surface area contributed by atoms with Crippen molar-refractivity contribution in [3.05, 3.63) is 0 Å². The summed E-state index contributed by atoms with van der Waals surface area (Å²) in [6.45, 7) is -51.9. The van der Waals surface area contributed by atoms with Gasteiger partial charge in [-0.05, 0) is 89.5 Å². The van der Waals surface area contributed by atoms with E-state index in [0.717, 1.165) is 0 Å². The molecule has 602 valence electrons. The van der Waals surface area contributed by atoms with Gasteiger partial charge in [-0.15, -0.1) is 0 Å². The molecule has 0 aliphatic carbocycles. The van der Waals surface area contributed by atoms with Gasteiger partial charge in [0, 0.05) is 263 Å². The highest BCUT2D eigenvalue weighted by molar-refractivity contribution is 4.74. The molecule has 0 aromatic rings. The van der Waals surface area contributed by atoms with E-state index in [-0.39, 0.29) is 52.4 Å². The normalized spacial score (nSPS) is 31.0. The quantitative estimate of drug-likeness (QED) is 0.0292. The van der Waals surface area contributed by atoms with Crippen LogP contribution in [-0.2, 0) is 0 Å². The Labute approximate surface area is 689 Å². The molecular formula is C70H168N14O14. The van der Waals surface area contributed by atoms with E-state index in [2.05, 4.69) is 53.2 Å². The van der Waals surface area contributed by atoms with Gasteiger partial charge in [0.05, 0.1) is 92.5 Å². The molecule has 0 aromatic heterocycles. The van der Waals surface area contributed by atoms with Crippen LogP contribution in [0.25, 0.3) is 0 Å². The molecule has 14 atom stereocenters. The molecule has 0 spiro atoms. The van der Waals surface area contributed by atoms with Gasteiger partial charge < -0.3 is 146 Å². The van der Waals surface area contributed by atoms with Gasteiger partial charge in [0.25, 0.3) is 0 Å². The van der Waals surface area contributed by atoms with Gasteiger partial charge >= 0.3 is 0 Å². The van der Waals surface area contributed by atoms with Crippen LogP contribution in [0.1, 0.15) is 274 Å². The molecule has 0 aromatic carbocycles. The van der Waals surface area contributed by atoms with Crippen LogP contribution >= 0.6 is 0 Å². The fourth-order valence-corrected chi connectivity index (χ4v) is 5.07. The van der Waals surface area contributed by atoms with Crippen molar-refractivity contribution in [2.24, 2.45) is 0 Å². The Morgan fingerprint density at radius 1 is 0.204 bits per heavy atom. The molecule has 0 radical (unpaired) electrons. The fourth-order valence-electron chi connectivity index (χ4n) is 5.07. The predicted molar refractivity (Wildman–Crippen MR) is 408 cm³/mol. The van der Waals surface area contributed by atoms with Gasteiger partial charge in [-0.3, -0.25) is 0 Å². The maximum Gasteiger partial charge on any atom is 0.0584 e. The highest BCUT2D eigenvalue weighted by Gasteiger charge is 2.11. The van der Waals surface area contributed by atoms with E-state index in [9.17, 15) is 30.6 Å². The molecule has 0 aliphatic rings. The van der Waals surface area contributed by atoms with Gasteiger partial charge in [0.15, 0.2) is 0 Å². The second-order valence-corrected chi connectivity index (χ2v) is 18.3. The molecule has 0 unspecified atom stereocenters. The first-order chi connectivity index (χ1) is 71.4. The van der Waals surface area contributed by atoms with E-state index in [4.69, 9.17) is 129 Å². The van der Waals surface area contributed by atoms with Gasteiger partial charge in [-0.1, -0.05) is 96.4 Å². The zero-order chi connectivity index (χ0) is 132. The number of hydrogen-bond acceptors (Lipinski definition) is 28. The molecule has 0 saturated carbocycles. The molecular weight excluding hydrogens is 1260 g/mol. The van der Waals surface area contributed by atoms with E-state index in [1.54, 1.807) is 38.3 Å². The van der Waals surface area contributed by atoms with Crippen LogP contribution in [-0.4, -0.2) is 340 Å². The molecule has 0 rings (SSSR count). The fraction of sp³-hybridized carbons (Fsp3) is 1.00. The minimum Gasteiger partial charge on any atom is -0.395 e. The van der Waals surface area contributed by atoms with E-state index in [1.807, 2.05) is 13.8 Å². The molecule has 28 heteroatoms. The number of hydrogen-bond donors (Lipinski definition) is 28. The summed E-state index contributed by atoms with van der Waals surface area (Å²) < 4.78 is 480. The molecule has 0 bridgehead atoms. The Morgan fingerprint density at radius 3 is 0.582 bits per heavy atom. The van der Waals surface area contributed by atoms with Gasteiger partial charge in [-0.2, -0.15) is 0 Å². The monoisotopic (exact) mass is 1490 g/mol. The highest BCUT2D eigenvalue weighted by Crippen LogP contribution is 1.96. The maximum absolute atomic E-state index is 9.37. The Balaban J connectivity index is -0.000000349. The summed E-state index contributed by atoms with van der Waals surface area (Å²) in [7, 11) is 0. The van der Waals surface area contributed by atoms with Gasteiger partial charge in [0.1, 0.15) is 0 Å². The van der Waals surface area contributed by atoms with Crippen molar-refractivity contribution in [3.63, 3.8) is 0 Å². The van der Waals surface area contributed by atoms with Gasteiger partial charge in [0.2, 0.25) is 0 Å². The summed E-state index contributed by atoms with van der Waals surface area (Å²) in [5.74, 6) is 0. The van der Waals surface area contributed by atoms with Gasteiger partial charge in [-0.25, -0.2) is 0 Å². The molecule has 98 heavy (non-hydrogen) atoms. The van der Waals surface area contributed by atoms with Crippen LogP contribution in [0.15, 0.2) is 0 Å². The van der Waals surface area contributed by atoms with Crippen LogP contribution in [0.3, 0.4) is 0 Å². The zero-order valence-electron chi connectivity index (χ0n) is 121.